The molecule has 1 amide bonds. The zero-order chi connectivity index (χ0) is 12.0. The summed E-state index contributed by atoms with van der Waals surface area (Å²) in [5.41, 5.74) is 0.669. The highest BCUT2D eigenvalue weighted by atomic mass is 79.9. The number of amides is 1. The average molecular weight is 414 g/mol. The first-order valence-electron chi connectivity index (χ1n) is 4.94. The smallest absolute Gasteiger partial charge is 0.252 e. The molecule has 16 heavy (non-hydrogen) atoms. The van der Waals surface area contributed by atoms with E-state index < -0.39 is 0 Å². The third-order valence-electron chi connectivity index (χ3n) is 2.02. The van der Waals surface area contributed by atoms with Crippen LogP contribution in [0.1, 0.15) is 23.2 Å². The number of hydrogen-bond acceptors (Lipinski definition) is 1. The molecule has 1 aromatic rings. The van der Waals surface area contributed by atoms with Crippen molar-refractivity contribution in [2.45, 2.75) is 12.8 Å². The Morgan fingerprint density at radius 2 is 2.00 bits per heavy atom. The van der Waals surface area contributed by atoms with E-state index in [2.05, 4.69) is 53.1 Å². The molecule has 0 atom stereocenters. The summed E-state index contributed by atoms with van der Waals surface area (Å²) in [6, 6.07) is 5.53. The molecule has 1 N–H and O–H groups in total. The Morgan fingerprint density at radius 3 is 2.62 bits per heavy atom. The minimum absolute atomic E-state index is 0.0334. The van der Waals surface area contributed by atoms with Gasteiger partial charge in [0.15, 0.2) is 0 Å². The van der Waals surface area contributed by atoms with E-state index in [1.807, 2.05) is 12.1 Å². The second-order valence-electron chi connectivity index (χ2n) is 3.28. The number of unbranched alkanes of at least 4 members (excludes halogenated alkanes) is 1. The average Bonchev–Trinajstić information content (AvgIpc) is 2.24. The fourth-order valence-electron chi connectivity index (χ4n) is 1.19. The van der Waals surface area contributed by atoms with Gasteiger partial charge in [0, 0.05) is 20.8 Å². The molecule has 1 rings (SSSR count). The topological polar surface area (TPSA) is 29.1 Å². The molecule has 0 aliphatic heterocycles. The van der Waals surface area contributed by atoms with Gasteiger partial charge in [0.2, 0.25) is 0 Å². The van der Waals surface area contributed by atoms with E-state index in [1.54, 1.807) is 6.07 Å². The highest BCUT2D eigenvalue weighted by Crippen LogP contribution is 2.21. The van der Waals surface area contributed by atoms with Gasteiger partial charge in [-0.2, -0.15) is 0 Å². The van der Waals surface area contributed by atoms with Gasteiger partial charge in [-0.05, 0) is 47.0 Å². The molecule has 0 aliphatic carbocycles. The van der Waals surface area contributed by atoms with E-state index >= 15 is 0 Å². The van der Waals surface area contributed by atoms with E-state index in [1.165, 1.54) is 0 Å². The highest BCUT2D eigenvalue weighted by molar-refractivity contribution is 9.11. The van der Waals surface area contributed by atoms with E-state index in [0.717, 1.165) is 27.1 Å². The van der Waals surface area contributed by atoms with Crippen molar-refractivity contribution >= 4 is 53.7 Å². The van der Waals surface area contributed by atoms with Crippen LogP contribution in [0.4, 0.5) is 0 Å². The third-order valence-corrected chi connectivity index (χ3v) is 3.73. The molecule has 0 radical (unpaired) electrons. The van der Waals surface area contributed by atoms with Gasteiger partial charge in [-0.3, -0.25) is 4.79 Å². The molecular weight excluding hydrogens is 402 g/mol. The lowest BCUT2D eigenvalue weighted by molar-refractivity contribution is 0.0952. The lowest BCUT2D eigenvalue weighted by Gasteiger charge is -2.06. The predicted molar refractivity (Wildman–Crippen MR) is 77.2 cm³/mol. The van der Waals surface area contributed by atoms with Crippen LogP contribution in [0.2, 0.25) is 0 Å². The van der Waals surface area contributed by atoms with Gasteiger partial charge < -0.3 is 5.32 Å². The molecule has 5 heteroatoms. The van der Waals surface area contributed by atoms with Gasteiger partial charge in [-0.25, -0.2) is 0 Å². The van der Waals surface area contributed by atoms with E-state index in [4.69, 9.17) is 0 Å². The number of rotatable bonds is 5. The Bertz CT molecular complexity index is 368. The highest BCUT2D eigenvalue weighted by Gasteiger charge is 2.08. The Labute approximate surface area is 121 Å². The predicted octanol–water partition coefficient (Wildman–Crippen LogP) is 4.12. The van der Waals surface area contributed by atoms with Crippen molar-refractivity contribution in [1.82, 2.24) is 5.32 Å². The van der Waals surface area contributed by atoms with Crippen molar-refractivity contribution in [2.75, 3.05) is 11.9 Å². The number of nitrogens with one attached hydrogen (secondary N) is 1. The minimum Gasteiger partial charge on any atom is -0.352 e. The Kier molecular flexibility index (Phi) is 6.61. The molecule has 0 fully saturated rings. The van der Waals surface area contributed by atoms with Crippen molar-refractivity contribution in [1.29, 1.82) is 0 Å². The molecule has 1 aromatic carbocycles. The molecule has 2 nitrogen and oxygen atoms in total. The lowest BCUT2D eigenvalue weighted by Crippen LogP contribution is -2.24. The van der Waals surface area contributed by atoms with Gasteiger partial charge in [-0.1, -0.05) is 31.9 Å². The van der Waals surface area contributed by atoms with Crippen molar-refractivity contribution in [2.24, 2.45) is 0 Å². The molecule has 0 saturated carbocycles. The first-order chi connectivity index (χ1) is 7.65. The van der Waals surface area contributed by atoms with E-state index in [9.17, 15) is 4.79 Å². The number of halogens is 3. The van der Waals surface area contributed by atoms with Crippen LogP contribution in [-0.2, 0) is 0 Å². The van der Waals surface area contributed by atoms with Gasteiger partial charge >= 0.3 is 0 Å². The van der Waals surface area contributed by atoms with Crippen LogP contribution in [-0.4, -0.2) is 17.8 Å². The standard InChI is InChI=1S/C11H12Br3NO/c12-5-1-2-6-15-11(16)9-4-3-8(13)7-10(9)14/h3-4,7H,1-2,5-6H2,(H,15,16). The van der Waals surface area contributed by atoms with E-state index in [-0.39, 0.29) is 5.91 Å². The maximum absolute atomic E-state index is 11.8. The quantitative estimate of drug-likeness (QED) is 0.571. The maximum Gasteiger partial charge on any atom is 0.252 e. The summed E-state index contributed by atoms with van der Waals surface area (Å²) in [4.78, 5) is 11.8. The van der Waals surface area contributed by atoms with Crippen LogP contribution in [0.5, 0.6) is 0 Å². The number of carbonyl (C=O) groups is 1. The fraction of sp³-hybridized carbons (Fsp3) is 0.364. The molecule has 0 saturated heterocycles. The largest absolute Gasteiger partial charge is 0.352 e. The third kappa shape index (κ3) is 4.55. The monoisotopic (exact) mass is 411 g/mol. The summed E-state index contributed by atoms with van der Waals surface area (Å²) in [5, 5.41) is 3.87. The summed E-state index contributed by atoms with van der Waals surface area (Å²) in [7, 11) is 0. The number of hydrogen-bond donors (Lipinski definition) is 1. The molecule has 88 valence electrons. The zero-order valence-electron chi connectivity index (χ0n) is 8.60. The summed E-state index contributed by atoms with van der Waals surface area (Å²) in [6.45, 7) is 0.715. The summed E-state index contributed by atoms with van der Waals surface area (Å²) >= 11 is 10.1. The Morgan fingerprint density at radius 1 is 1.25 bits per heavy atom. The number of benzene rings is 1. The van der Waals surface area contributed by atoms with Gasteiger partial charge in [0.05, 0.1) is 5.56 Å². The second kappa shape index (κ2) is 7.45. The van der Waals surface area contributed by atoms with Crippen LogP contribution >= 0.6 is 47.8 Å². The Balaban J connectivity index is 2.53. The van der Waals surface area contributed by atoms with Crippen molar-refractivity contribution in [3.63, 3.8) is 0 Å². The van der Waals surface area contributed by atoms with Gasteiger partial charge in [-0.15, -0.1) is 0 Å². The normalized spacial score (nSPS) is 10.2. The van der Waals surface area contributed by atoms with Crippen LogP contribution in [0.15, 0.2) is 27.1 Å². The van der Waals surface area contributed by atoms with Crippen molar-refractivity contribution in [3.8, 4) is 0 Å². The zero-order valence-corrected chi connectivity index (χ0v) is 13.4. The fourth-order valence-corrected chi connectivity index (χ4v) is 2.81. The van der Waals surface area contributed by atoms with Crippen LogP contribution < -0.4 is 5.32 Å². The van der Waals surface area contributed by atoms with Gasteiger partial charge in [0.1, 0.15) is 0 Å². The van der Waals surface area contributed by atoms with Gasteiger partial charge in [0.25, 0.3) is 5.91 Å². The molecule has 0 spiro atoms. The SMILES string of the molecule is O=C(NCCCCBr)c1ccc(Br)cc1Br. The van der Waals surface area contributed by atoms with E-state index in [0.29, 0.717) is 12.1 Å². The first kappa shape index (κ1) is 14.2. The lowest BCUT2D eigenvalue weighted by atomic mass is 10.2. The first-order valence-corrected chi connectivity index (χ1v) is 7.65. The summed E-state index contributed by atoms with van der Waals surface area (Å²) in [6.07, 6.45) is 2.06. The van der Waals surface area contributed by atoms with Crippen molar-refractivity contribution < 1.29 is 4.79 Å². The molecule has 0 heterocycles. The maximum atomic E-state index is 11.8. The second-order valence-corrected chi connectivity index (χ2v) is 5.84. The van der Waals surface area contributed by atoms with Crippen LogP contribution in [0.3, 0.4) is 0 Å². The summed E-state index contributed by atoms with van der Waals surface area (Å²) in [5.74, 6) is -0.0334. The molecular formula is C11H12Br3NO. The number of carbonyl (C=O) groups excluding carboxylic acids is 1. The van der Waals surface area contributed by atoms with Crippen LogP contribution in [0, 0.1) is 0 Å². The van der Waals surface area contributed by atoms with Crippen LogP contribution in [0.25, 0.3) is 0 Å². The molecule has 0 bridgehead atoms. The van der Waals surface area contributed by atoms with Crippen molar-refractivity contribution in [3.05, 3.63) is 32.7 Å². The molecule has 0 aliphatic rings. The molecule has 0 unspecified atom stereocenters. The summed E-state index contributed by atoms with van der Waals surface area (Å²) < 4.78 is 1.76. The Hall–Kier alpha value is 0.130. The minimum atomic E-state index is -0.0334. The number of alkyl halides is 1. The molecule has 0 aromatic heterocycles.